The second-order valence-electron chi connectivity index (χ2n) is 5.75. The highest BCUT2D eigenvalue weighted by Crippen LogP contribution is 2.30. The molecule has 0 spiro atoms. The minimum absolute atomic E-state index is 0.220. The Hall–Kier alpha value is -2.73. The van der Waals surface area contributed by atoms with Crippen molar-refractivity contribution >= 4 is 15.7 Å². The van der Waals surface area contributed by atoms with E-state index < -0.39 is 10.0 Å². The summed E-state index contributed by atoms with van der Waals surface area (Å²) < 4.78 is 35.4. The first-order valence-corrected chi connectivity index (χ1v) is 9.32. The summed E-state index contributed by atoms with van der Waals surface area (Å²) >= 11 is 0. The minimum Gasteiger partial charge on any atom is -0.497 e. The van der Waals surface area contributed by atoms with Crippen molar-refractivity contribution in [2.75, 3.05) is 11.8 Å². The fourth-order valence-corrected chi connectivity index (χ4v) is 3.86. The Balaban J connectivity index is 2.11. The molecule has 130 valence electrons. The number of ether oxygens (including phenoxy) is 1. The van der Waals surface area contributed by atoms with Crippen LogP contribution >= 0.6 is 0 Å². The van der Waals surface area contributed by atoms with Gasteiger partial charge < -0.3 is 9.30 Å². The maximum Gasteiger partial charge on any atom is 0.261 e. The van der Waals surface area contributed by atoms with E-state index in [1.807, 2.05) is 36.6 Å². The lowest BCUT2D eigenvalue weighted by Gasteiger charge is -2.17. The number of sulfonamides is 1. The highest BCUT2D eigenvalue weighted by atomic mass is 32.2. The van der Waals surface area contributed by atoms with Crippen molar-refractivity contribution in [3.05, 3.63) is 72.1 Å². The lowest BCUT2D eigenvalue weighted by molar-refractivity contribution is 0.414. The quantitative estimate of drug-likeness (QED) is 0.754. The number of hydrogen-bond donors (Lipinski definition) is 1. The Morgan fingerprint density at radius 3 is 2.16 bits per heavy atom. The number of hydrogen-bond acceptors (Lipinski definition) is 3. The van der Waals surface area contributed by atoms with Gasteiger partial charge in [-0.25, -0.2) is 8.42 Å². The molecule has 0 saturated carbocycles. The number of anilines is 1. The van der Waals surface area contributed by atoms with E-state index in [9.17, 15) is 8.42 Å². The molecule has 0 radical (unpaired) electrons. The highest BCUT2D eigenvalue weighted by molar-refractivity contribution is 7.92. The van der Waals surface area contributed by atoms with Gasteiger partial charge in [0, 0.05) is 17.5 Å². The van der Waals surface area contributed by atoms with Gasteiger partial charge in [-0.05, 0) is 50.2 Å². The molecule has 0 amide bonds. The van der Waals surface area contributed by atoms with Crippen molar-refractivity contribution in [3.63, 3.8) is 0 Å². The molecule has 1 heterocycles. The molecule has 0 bridgehead atoms. The number of rotatable bonds is 5. The standard InChI is InChI=1S/C19H20N2O3S/c1-14-9-10-15(2)21(14)19-13-16(24-3)11-12-18(19)20-25(22,23)17-7-5-4-6-8-17/h4-13,20H,1-3H3. The number of benzene rings is 2. The molecule has 1 N–H and O–H groups in total. The van der Waals surface area contributed by atoms with Crippen LogP contribution in [0.5, 0.6) is 5.75 Å². The van der Waals surface area contributed by atoms with Crippen molar-refractivity contribution < 1.29 is 13.2 Å². The van der Waals surface area contributed by atoms with Crippen molar-refractivity contribution in [1.29, 1.82) is 0 Å². The first-order valence-electron chi connectivity index (χ1n) is 7.83. The lowest BCUT2D eigenvalue weighted by atomic mass is 10.2. The van der Waals surface area contributed by atoms with Gasteiger partial charge in [-0.2, -0.15) is 0 Å². The number of nitrogens with zero attached hydrogens (tertiary/aromatic N) is 1. The van der Waals surface area contributed by atoms with Crippen molar-refractivity contribution in [2.45, 2.75) is 18.7 Å². The average molecular weight is 356 g/mol. The highest BCUT2D eigenvalue weighted by Gasteiger charge is 2.18. The molecule has 25 heavy (non-hydrogen) atoms. The van der Waals surface area contributed by atoms with Gasteiger partial charge in [0.05, 0.1) is 23.4 Å². The Bertz CT molecular complexity index is 973. The Kier molecular flexibility index (Phi) is 4.55. The summed E-state index contributed by atoms with van der Waals surface area (Å²) in [6.45, 7) is 3.95. The smallest absolute Gasteiger partial charge is 0.261 e. The van der Waals surface area contributed by atoms with E-state index in [1.54, 1.807) is 49.6 Å². The molecule has 0 unspecified atom stereocenters. The number of aromatic nitrogens is 1. The van der Waals surface area contributed by atoms with E-state index in [2.05, 4.69) is 4.72 Å². The van der Waals surface area contributed by atoms with Gasteiger partial charge >= 0.3 is 0 Å². The summed E-state index contributed by atoms with van der Waals surface area (Å²) in [6.07, 6.45) is 0. The summed E-state index contributed by atoms with van der Waals surface area (Å²) in [5.74, 6) is 0.658. The van der Waals surface area contributed by atoms with Crippen LogP contribution < -0.4 is 9.46 Å². The maximum absolute atomic E-state index is 12.7. The predicted molar refractivity (Wildman–Crippen MR) is 99.0 cm³/mol. The normalized spacial score (nSPS) is 11.3. The first-order chi connectivity index (χ1) is 11.9. The van der Waals surface area contributed by atoms with Crippen LogP contribution in [0, 0.1) is 13.8 Å². The van der Waals surface area contributed by atoms with E-state index in [4.69, 9.17) is 4.74 Å². The van der Waals surface area contributed by atoms with Crippen LogP contribution in [-0.4, -0.2) is 20.1 Å². The molecule has 5 nitrogen and oxygen atoms in total. The molecule has 0 aliphatic rings. The molecule has 0 fully saturated rings. The first kappa shape index (κ1) is 17.1. The van der Waals surface area contributed by atoms with Gasteiger partial charge in [0.15, 0.2) is 0 Å². The van der Waals surface area contributed by atoms with Crippen LogP contribution in [0.2, 0.25) is 0 Å². The van der Waals surface area contributed by atoms with E-state index >= 15 is 0 Å². The largest absolute Gasteiger partial charge is 0.497 e. The average Bonchev–Trinajstić information content (AvgIpc) is 2.94. The molecule has 3 aromatic rings. The molecule has 0 saturated heterocycles. The molecular weight excluding hydrogens is 336 g/mol. The second-order valence-corrected chi connectivity index (χ2v) is 7.44. The van der Waals surface area contributed by atoms with Gasteiger partial charge in [-0.1, -0.05) is 18.2 Å². The molecular formula is C19H20N2O3S. The summed E-state index contributed by atoms with van der Waals surface area (Å²) in [5.41, 5.74) is 3.22. The summed E-state index contributed by atoms with van der Waals surface area (Å²) in [5, 5.41) is 0. The van der Waals surface area contributed by atoms with Gasteiger partial charge in [0.2, 0.25) is 0 Å². The summed E-state index contributed by atoms with van der Waals surface area (Å²) in [4.78, 5) is 0.220. The fraction of sp³-hybridized carbons (Fsp3) is 0.158. The van der Waals surface area contributed by atoms with E-state index in [1.165, 1.54) is 0 Å². The molecule has 2 aromatic carbocycles. The van der Waals surface area contributed by atoms with Gasteiger partial charge in [-0.3, -0.25) is 4.72 Å². The zero-order valence-electron chi connectivity index (χ0n) is 14.4. The van der Waals surface area contributed by atoms with Crippen LogP contribution in [0.15, 0.2) is 65.6 Å². The molecule has 0 aliphatic heterocycles. The Morgan fingerprint density at radius 1 is 0.920 bits per heavy atom. The van der Waals surface area contributed by atoms with Crippen molar-refractivity contribution in [2.24, 2.45) is 0 Å². The van der Waals surface area contributed by atoms with Crippen LogP contribution in [-0.2, 0) is 10.0 Å². The minimum atomic E-state index is -3.68. The molecule has 0 atom stereocenters. The third-order valence-electron chi connectivity index (χ3n) is 4.01. The maximum atomic E-state index is 12.7. The Morgan fingerprint density at radius 2 is 1.56 bits per heavy atom. The monoisotopic (exact) mass is 356 g/mol. The topological polar surface area (TPSA) is 60.3 Å². The zero-order valence-corrected chi connectivity index (χ0v) is 15.2. The predicted octanol–water partition coefficient (Wildman–Crippen LogP) is 3.90. The number of methoxy groups -OCH3 is 1. The second kappa shape index (κ2) is 6.64. The van der Waals surface area contributed by atoms with Gasteiger partial charge in [-0.15, -0.1) is 0 Å². The third kappa shape index (κ3) is 3.39. The SMILES string of the molecule is COc1ccc(NS(=O)(=O)c2ccccc2)c(-n2c(C)ccc2C)c1. The van der Waals surface area contributed by atoms with Crippen LogP contribution in [0.1, 0.15) is 11.4 Å². The third-order valence-corrected chi connectivity index (χ3v) is 5.40. The van der Waals surface area contributed by atoms with Crippen LogP contribution in [0.25, 0.3) is 5.69 Å². The van der Waals surface area contributed by atoms with Crippen molar-refractivity contribution in [3.8, 4) is 11.4 Å². The van der Waals surface area contributed by atoms with Crippen LogP contribution in [0.4, 0.5) is 5.69 Å². The van der Waals surface area contributed by atoms with E-state index in [-0.39, 0.29) is 4.90 Å². The van der Waals surface area contributed by atoms with Crippen LogP contribution in [0.3, 0.4) is 0 Å². The van der Waals surface area contributed by atoms with E-state index in [0.717, 1.165) is 17.1 Å². The Labute approximate surface area is 147 Å². The summed E-state index contributed by atoms with van der Waals surface area (Å²) in [7, 11) is -2.09. The number of nitrogens with one attached hydrogen (secondary N) is 1. The lowest BCUT2D eigenvalue weighted by Crippen LogP contribution is -2.15. The number of aryl methyl sites for hydroxylation is 2. The molecule has 6 heteroatoms. The molecule has 1 aromatic heterocycles. The van der Waals surface area contributed by atoms with Gasteiger partial charge in [0.25, 0.3) is 10.0 Å². The fourth-order valence-electron chi connectivity index (χ4n) is 2.76. The zero-order chi connectivity index (χ0) is 18.0. The van der Waals surface area contributed by atoms with Gasteiger partial charge in [0.1, 0.15) is 5.75 Å². The summed E-state index contributed by atoms with van der Waals surface area (Å²) in [6, 6.07) is 17.6. The molecule has 3 rings (SSSR count). The van der Waals surface area contributed by atoms with E-state index in [0.29, 0.717) is 11.4 Å². The molecule has 0 aliphatic carbocycles. The van der Waals surface area contributed by atoms with Crippen molar-refractivity contribution in [1.82, 2.24) is 4.57 Å².